The van der Waals surface area contributed by atoms with Crippen LogP contribution in [0.3, 0.4) is 0 Å². The molecule has 0 saturated heterocycles. The summed E-state index contributed by atoms with van der Waals surface area (Å²) >= 11 is 1.29. The van der Waals surface area contributed by atoms with Gasteiger partial charge in [-0.3, -0.25) is 9.36 Å². The minimum atomic E-state index is -0.693. The molecule has 3 heterocycles. The molecule has 0 aliphatic carbocycles. The van der Waals surface area contributed by atoms with E-state index in [1.807, 2.05) is 85.8 Å². The summed E-state index contributed by atoms with van der Waals surface area (Å²) < 4.78 is 18.6. The van der Waals surface area contributed by atoms with Crippen LogP contribution in [0.25, 0.3) is 11.8 Å². The van der Waals surface area contributed by atoms with Crippen molar-refractivity contribution in [3.63, 3.8) is 0 Å². The van der Waals surface area contributed by atoms with E-state index in [9.17, 15) is 9.59 Å². The molecule has 1 atom stereocenters. The lowest BCUT2D eigenvalue weighted by atomic mass is 9.93. The summed E-state index contributed by atoms with van der Waals surface area (Å²) in [6.07, 6.45) is 1.85. The van der Waals surface area contributed by atoms with Crippen LogP contribution in [-0.2, 0) is 9.53 Å². The number of hydrogen-bond acceptors (Lipinski definition) is 7. The average Bonchev–Trinajstić information content (AvgIpc) is 3.52. The predicted octanol–water partition coefficient (Wildman–Crippen LogP) is 3.97. The van der Waals surface area contributed by atoms with E-state index in [0.717, 1.165) is 22.3 Å². The fourth-order valence-corrected chi connectivity index (χ4v) is 5.74. The van der Waals surface area contributed by atoms with Gasteiger partial charge in [-0.1, -0.05) is 72.0 Å². The fraction of sp³-hybridized carbons (Fsp3) is 0.167. The van der Waals surface area contributed by atoms with Gasteiger partial charge in [-0.25, -0.2) is 9.79 Å². The lowest BCUT2D eigenvalue weighted by Gasteiger charge is -2.25. The van der Waals surface area contributed by atoms with Gasteiger partial charge in [-0.15, -0.1) is 0 Å². The van der Waals surface area contributed by atoms with E-state index in [1.54, 1.807) is 11.5 Å². The van der Waals surface area contributed by atoms with Crippen LogP contribution in [0.1, 0.15) is 35.2 Å². The largest absolute Gasteiger partial charge is 0.463 e. The zero-order valence-electron chi connectivity index (χ0n) is 20.8. The number of carbonyl (C=O) groups is 1. The van der Waals surface area contributed by atoms with Crippen molar-refractivity contribution in [1.82, 2.24) is 4.57 Å². The van der Waals surface area contributed by atoms with E-state index < -0.39 is 12.0 Å². The number of ether oxygens (including phenoxy) is 3. The summed E-state index contributed by atoms with van der Waals surface area (Å²) in [5, 5.41) is 0. The van der Waals surface area contributed by atoms with Gasteiger partial charge < -0.3 is 14.2 Å². The van der Waals surface area contributed by atoms with Gasteiger partial charge in [0.05, 0.1) is 28.5 Å². The highest BCUT2D eigenvalue weighted by atomic mass is 32.1. The Labute approximate surface area is 222 Å². The molecule has 0 fully saturated rings. The van der Waals surface area contributed by atoms with E-state index in [2.05, 4.69) is 0 Å². The zero-order valence-corrected chi connectivity index (χ0v) is 21.7. The number of rotatable bonds is 5. The van der Waals surface area contributed by atoms with Crippen LogP contribution in [0.2, 0.25) is 0 Å². The number of thiazole rings is 1. The highest BCUT2D eigenvalue weighted by Gasteiger charge is 2.35. The van der Waals surface area contributed by atoms with Crippen molar-refractivity contribution >= 4 is 29.1 Å². The Morgan fingerprint density at radius 3 is 2.47 bits per heavy atom. The molecule has 0 radical (unpaired) electrons. The smallest absolute Gasteiger partial charge is 0.338 e. The number of esters is 1. The maximum Gasteiger partial charge on any atom is 0.338 e. The second kappa shape index (κ2) is 9.79. The molecule has 2 aliphatic rings. The Hall–Kier alpha value is -4.43. The van der Waals surface area contributed by atoms with E-state index in [1.165, 1.54) is 11.3 Å². The molecule has 2 aliphatic heterocycles. The third-order valence-electron chi connectivity index (χ3n) is 6.54. The molecule has 0 bridgehead atoms. The van der Waals surface area contributed by atoms with Gasteiger partial charge in [0.1, 0.15) is 0 Å². The summed E-state index contributed by atoms with van der Waals surface area (Å²) in [5.41, 5.74) is 3.99. The van der Waals surface area contributed by atoms with Crippen LogP contribution in [0, 0.1) is 6.92 Å². The number of carbonyl (C=O) groups excluding carboxylic acids is 1. The molecule has 1 aromatic heterocycles. The molecule has 0 spiro atoms. The van der Waals surface area contributed by atoms with Crippen LogP contribution in [0.4, 0.5) is 0 Å². The zero-order chi connectivity index (χ0) is 26.2. The number of nitrogens with zero attached hydrogens (tertiary/aromatic N) is 2. The number of fused-ring (bicyclic) bond motifs is 2. The van der Waals surface area contributed by atoms with Gasteiger partial charge >= 0.3 is 5.97 Å². The average molecular weight is 525 g/mol. The van der Waals surface area contributed by atoms with Crippen molar-refractivity contribution in [3.05, 3.63) is 120 Å². The number of aromatic nitrogens is 1. The number of benzene rings is 3. The topological polar surface area (TPSA) is 79.1 Å². The van der Waals surface area contributed by atoms with Crippen molar-refractivity contribution in [2.75, 3.05) is 13.4 Å². The Balaban J connectivity index is 1.62. The standard InChI is InChI=1S/C30H24N2O5S/c1-3-35-29(34)25-26(19-10-6-4-7-11-19)31-30-32(27(25)20-12-8-5-9-13-20)28(33)24(38-30)16-21-15-23-22(14-18(21)2)36-17-37-23/h4-16,27H,3,17H2,1-2H3/b24-16-. The van der Waals surface area contributed by atoms with Gasteiger partial charge in [0, 0.05) is 5.56 Å². The lowest BCUT2D eigenvalue weighted by Crippen LogP contribution is -2.40. The van der Waals surface area contributed by atoms with E-state index in [4.69, 9.17) is 19.2 Å². The molecule has 7 nitrogen and oxygen atoms in total. The van der Waals surface area contributed by atoms with Gasteiger partial charge in [0.2, 0.25) is 6.79 Å². The maximum atomic E-state index is 14.0. The third kappa shape index (κ3) is 4.13. The van der Waals surface area contributed by atoms with E-state index >= 15 is 0 Å². The normalized spacial score (nSPS) is 16.3. The molecule has 1 unspecified atom stereocenters. The predicted molar refractivity (Wildman–Crippen MR) is 145 cm³/mol. The summed E-state index contributed by atoms with van der Waals surface area (Å²) in [6.45, 7) is 4.11. The summed E-state index contributed by atoms with van der Waals surface area (Å²) in [4.78, 5) is 32.8. The summed E-state index contributed by atoms with van der Waals surface area (Å²) in [6, 6.07) is 22.1. The van der Waals surface area contributed by atoms with Gasteiger partial charge in [0.25, 0.3) is 5.56 Å². The fourth-order valence-electron chi connectivity index (χ4n) is 4.75. The lowest BCUT2D eigenvalue weighted by molar-refractivity contribution is -0.138. The molecule has 190 valence electrons. The van der Waals surface area contributed by atoms with Crippen molar-refractivity contribution in [3.8, 4) is 11.5 Å². The molecule has 4 aromatic rings. The first-order valence-corrected chi connectivity index (χ1v) is 13.1. The number of hydrogen-bond donors (Lipinski definition) is 0. The molecule has 38 heavy (non-hydrogen) atoms. The Morgan fingerprint density at radius 1 is 1.08 bits per heavy atom. The van der Waals surface area contributed by atoms with Crippen LogP contribution >= 0.6 is 11.3 Å². The monoisotopic (exact) mass is 524 g/mol. The van der Waals surface area contributed by atoms with E-state index in [0.29, 0.717) is 32.1 Å². The SMILES string of the molecule is CCOC(=O)C1=C(c2ccccc2)N=c2s/c(=C\c3cc4c(cc3C)OCO4)c(=O)n2C1c1ccccc1. The van der Waals surface area contributed by atoms with Crippen LogP contribution < -0.4 is 24.4 Å². The second-order valence-corrected chi connectivity index (χ2v) is 9.91. The molecular weight excluding hydrogens is 500 g/mol. The summed E-state index contributed by atoms with van der Waals surface area (Å²) in [7, 11) is 0. The van der Waals surface area contributed by atoms with Gasteiger partial charge in [0.15, 0.2) is 16.3 Å². The molecule has 0 N–H and O–H groups in total. The quantitative estimate of drug-likeness (QED) is 0.369. The van der Waals surface area contributed by atoms with Crippen molar-refractivity contribution < 1.29 is 19.0 Å². The van der Waals surface area contributed by atoms with Gasteiger partial charge in [-0.05, 0) is 48.7 Å². The van der Waals surface area contributed by atoms with E-state index in [-0.39, 0.29) is 19.0 Å². The first-order chi connectivity index (χ1) is 18.5. The Morgan fingerprint density at radius 2 is 1.76 bits per heavy atom. The first-order valence-electron chi connectivity index (χ1n) is 12.3. The van der Waals surface area contributed by atoms with Gasteiger partial charge in [-0.2, -0.15) is 0 Å². The van der Waals surface area contributed by atoms with Crippen LogP contribution in [0.5, 0.6) is 11.5 Å². The van der Waals surface area contributed by atoms with Crippen molar-refractivity contribution in [1.29, 1.82) is 0 Å². The Bertz CT molecular complexity index is 1750. The van der Waals surface area contributed by atoms with Crippen molar-refractivity contribution in [2.45, 2.75) is 19.9 Å². The minimum absolute atomic E-state index is 0.177. The maximum absolute atomic E-state index is 14.0. The second-order valence-electron chi connectivity index (χ2n) is 8.90. The first kappa shape index (κ1) is 23.9. The van der Waals surface area contributed by atoms with Crippen LogP contribution in [-0.4, -0.2) is 23.9 Å². The molecule has 8 heteroatoms. The summed E-state index contributed by atoms with van der Waals surface area (Å²) in [5.74, 6) is 0.842. The minimum Gasteiger partial charge on any atom is -0.463 e. The molecule has 0 amide bonds. The highest BCUT2D eigenvalue weighted by molar-refractivity contribution is 7.07. The Kier molecular flexibility index (Phi) is 6.17. The van der Waals surface area contributed by atoms with Crippen molar-refractivity contribution in [2.24, 2.45) is 4.99 Å². The molecular formula is C30H24N2O5S. The number of aryl methyl sites for hydroxylation is 1. The third-order valence-corrected chi connectivity index (χ3v) is 7.52. The molecule has 6 rings (SSSR count). The highest BCUT2D eigenvalue weighted by Crippen LogP contribution is 2.36. The molecule has 0 saturated carbocycles. The van der Waals surface area contributed by atoms with Crippen LogP contribution in [0.15, 0.2) is 88.2 Å². The molecule has 3 aromatic carbocycles.